The van der Waals surface area contributed by atoms with Crippen LogP contribution in [0.5, 0.6) is 5.75 Å². The summed E-state index contributed by atoms with van der Waals surface area (Å²) in [5, 5.41) is 8.29. The molecule has 3 rings (SSSR count). The molecule has 0 aliphatic carbocycles. The van der Waals surface area contributed by atoms with Gasteiger partial charge >= 0.3 is 6.09 Å². The molecule has 0 radical (unpaired) electrons. The Morgan fingerprint density at radius 2 is 1.72 bits per heavy atom. The molecule has 0 unspecified atom stereocenters. The average Bonchev–Trinajstić information content (AvgIpc) is 2.63. The number of amides is 1. The highest BCUT2D eigenvalue weighted by atomic mass is 35.5. The molecule has 1 aliphatic rings. The summed E-state index contributed by atoms with van der Waals surface area (Å²) >= 11 is 5.76. The average molecular weight is 361 g/mol. The molecular formula is C18H21ClN4O2. The lowest BCUT2D eigenvalue weighted by Gasteiger charge is -2.34. The van der Waals surface area contributed by atoms with E-state index in [0.717, 1.165) is 5.82 Å². The number of rotatable bonds is 3. The summed E-state index contributed by atoms with van der Waals surface area (Å²) < 4.78 is 5.47. The Labute approximate surface area is 152 Å². The standard InChI is InChI=1S/C18H21ClN4O2/c1-13(2)14-3-5-15(6-4-14)25-18(24)23-11-9-22(10-12-23)17-8-7-16(19)20-21-17/h3-8,13H,9-12H2,1-2H3. The molecule has 132 valence electrons. The van der Waals surface area contributed by atoms with E-state index in [9.17, 15) is 4.79 Å². The molecule has 6 nitrogen and oxygen atoms in total. The fourth-order valence-corrected chi connectivity index (χ4v) is 2.78. The topological polar surface area (TPSA) is 58.6 Å². The number of carbonyl (C=O) groups is 1. The van der Waals surface area contributed by atoms with Crippen LogP contribution in [0.4, 0.5) is 10.6 Å². The van der Waals surface area contributed by atoms with Gasteiger partial charge in [-0.3, -0.25) is 0 Å². The van der Waals surface area contributed by atoms with E-state index in [1.165, 1.54) is 5.56 Å². The number of halogens is 1. The Kier molecular flexibility index (Phi) is 5.38. The van der Waals surface area contributed by atoms with Crippen molar-refractivity contribution in [2.45, 2.75) is 19.8 Å². The summed E-state index contributed by atoms with van der Waals surface area (Å²) in [5.41, 5.74) is 1.22. The molecule has 2 heterocycles. The number of ether oxygens (including phenoxy) is 1. The first kappa shape index (κ1) is 17.5. The first-order valence-electron chi connectivity index (χ1n) is 8.34. The van der Waals surface area contributed by atoms with Gasteiger partial charge in [0.2, 0.25) is 0 Å². The van der Waals surface area contributed by atoms with E-state index in [2.05, 4.69) is 28.9 Å². The van der Waals surface area contributed by atoms with E-state index in [1.807, 2.05) is 30.3 Å². The van der Waals surface area contributed by atoms with Crippen molar-refractivity contribution in [2.24, 2.45) is 0 Å². The molecule has 25 heavy (non-hydrogen) atoms. The molecule has 0 N–H and O–H groups in total. The molecular weight excluding hydrogens is 340 g/mol. The SMILES string of the molecule is CC(C)c1ccc(OC(=O)N2CCN(c3ccc(Cl)nn3)CC2)cc1. The summed E-state index contributed by atoms with van der Waals surface area (Å²) in [6, 6.07) is 11.2. The highest BCUT2D eigenvalue weighted by molar-refractivity contribution is 6.29. The van der Waals surface area contributed by atoms with Crippen molar-refractivity contribution in [1.29, 1.82) is 0 Å². The number of carbonyl (C=O) groups excluding carboxylic acids is 1. The van der Waals surface area contributed by atoms with Crippen LogP contribution < -0.4 is 9.64 Å². The Hall–Kier alpha value is -2.34. The van der Waals surface area contributed by atoms with Crippen molar-refractivity contribution < 1.29 is 9.53 Å². The lowest BCUT2D eigenvalue weighted by molar-refractivity contribution is 0.149. The predicted octanol–water partition coefficient (Wildman–Crippen LogP) is 3.57. The van der Waals surface area contributed by atoms with E-state index < -0.39 is 0 Å². The lowest BCUT2D eigenvalue weighted by Crippen LogP contribution is -2.49. The number of nitrogens with zero attached hydrogens (tertiary/aromatic N) is 4. The second kappa shape index (κ2) is 7.70. The summed E-state index contributed by atoms with van der Waals surface area (Å²) in [6.45, 7) is 6.77. The molecule has 0 atom stereocenters. The van der Waals surface area contributed by atoms with Crippen molar-refractivity contribution in [1.82, 2.24) is 15.1 Å². The zero-order valence-electron chi connectivity index (χ0n) is 14.4. The van der Waals surface area contributed by atoms with Gasteiger partial charge in [0.05, 0.1) is 0 Å². The summed E-state index contributed by atoms with van der Waals surface area (Å²) in [4.78, 5) is 16.1. The highest BCUT2D eigenvalue weighted by Crippen LogP contribution is 2.20. The second-order valence-electron chi connectivity index (χ2n) is 6.28. The van der Waals surface area contributed by atoms with Gasteiger partial charge in [0, 0.05) is 26.2 Å². The fraction of sp³-hybridized carbons (Fsp3) is 0.389. The molecule has 0 saturated carbocycles. The molecule has 7 heteroatoms. The van der Waals surface area contributed by atoms with Crippen LogP contribution in [0.15, 0.2) is 36.4 Å². The summed E-state index contributed by atoms with van der Waals surface area (Å²) in [6.07, 6.45) is -0.320. The zero-order chi connectivity index (χ0) is 17.8. The van der Waals surface area contributed by atoms with Crippen LogP contribution in [0.2, 0.25) is 5.15 Å². The van der Waals surface area contributed by atoms with Gasteiger partial charge in [-0.05, 0) is 35.7 Å². The molecule has 1 saturated heterocycles. The summed E-state index contributed by atoms with van der Waals surface area (Å²) in [5.74, 6) is 1.79. The van der Waals surface area contributed by atoms with Crippen LogP contribution in [0.3, 0.4) is 0 Å². The van der Waals surface area contributed by atoms with E-state index in [0.29, 0.717) is 43.0 Å². The maximum absolute atomic E-state index is 12.3. The number of hydrogen-bond donors (Lipinski definition) is 0. The van der Waals surface area contributed by atoms with Crippen LogP contribution in [0.1, 0.15) is 25.3 Å². The van der Waals surface area contributed by atoms with E-state index in [1.54, 1.807) is 11.0 Å². The molecule has 0 spiro atoms. The minimum absolute atomic E-state index is 0.320. The van der Waals surface area contributed by atoms with Crippen LogP contribution in [0.25, 0.3) is 0 Å². The summed E-state index contributed by atoms with van der Waals surface area (Å²) in [7, 11) is 0. The monoisotopic (exact) mass is 360 g/mol. The minimum Gasteiger partial charge on any atom is -0.410 e. The van der Waals surface area contributed by atoms with Crippen LogP contribution in [0, 0.1) is 0 Å². The van der Waals surface area contributed by atoms with Crippen molar-refractivity contribution in [3.63, 3.8) is 0 Å². The van der Waals surface area contributed by atoms with Gasteiger partial charge in [-0.2, -0.15) is 0 Å². The Balaban J connectivity index is 1.53. The molecule has 1 aromatic carbocycles. The van der Waals surface area contributed by atoms with E-state index in [-0.39, 0.29) is 6.09 Å². The van der Waals surface area contributed by atoms with E-state index in [4.69, 9.17) is 16.3 Å². The van der Waals surface area contributed by atoms with Crippen LogP contribution >= 0.6 is 11.6 Å². The second-order valence-corrected chi connectivity index (χ2v) is 6.67. The smallest absolute Gasteiger partial charge is 0.410 e. The highest BCUT2D eigenvalue weighted by Gasteiger charge is 2.23. The van der Waals surface area contributed by atoms with Gasteiger partial charge in [0.1, 0.15) is 5.75 Å². The molecule has 1 aliphatic heterocycles. The van der Waals surface area contributed by atoms with Crippen molar-refractivity contribution >= 4 is 23.5 Å². The predicted molar refractivity (Wildman–Crippen MR) is 97.4 cm³/mol. The van der Waals surface area contributed by atoms with Crippen LogP contribution in [-0.2, 0) is 0 Å². The van der Waals surface area contributed by atoms with Gasteiger partial charge in [0.15, 0.2) is 11.0 Å². The number of hydrogen-bond acceptors (Lipinski definition) is 5. The molecule has 1 amide bonds. The minimum atomic E-state index is -0.320. The van der Waals surface area contributed by atoms with Crippen molar-refractivity contribution in [3.05, 3.63) is 47.1 Å². The third-order valence-electron chi connectivity index (χ3n) is 4.23. The van der Waals surface area contributed by atoms with Crippen molar-refractivity contribution in [3.8, 4) is 5.75 Å². The molecule has 1 aromatic heterocycles. The molecule has 2 aromatic rings. The normalized spacial score (nSPS) is 14.7. The maximum Gasteiger partial charge on any atom is 0.415 e. The Morgan fingerprint density at radius 1 is 1.04 bits per heavy atom. The lowest BCUT2D eigenvalue weighted by atomic mass is 10.0. The maximum atomic E-state index is 12.3. The van der Waals surface area contributed by atoms with E-state index >= 15 is 0 Å². The van der Waals surface area contributed by atoms with Gasteiger partial charge in [-0.25, -0.2) is 4.79 Å². The zero-order valence-corrected chi connectivity index (χ0v) is 15.1. The van der Waals surface area contributed by atoms with Gasteiger partial charge in [0.25, 0.3) is 0 Å². The van der Waals surface area contributed by atoms with Gasteiger partial charge < -0.3 is 14.5 Å². The Morgan fingerprint density at radius 3 is 2.28 bits per heavy atom. The number of aromatic nitrogens is 2. The Bertz CT molecular complexity index is 711. The largest absolute Gasteiger partial charge is 0.415 e. The third-order valence-corrected chi connectivity index (χ3v) is 4.43. The first-order valence-corrected chi connectivity index (χ1v) is 8.71. The number of piperazine rings is 1. The number of benzene rings is 1. The third kappa shape index (κ3) is 4.39. The molecule has 0 bridgehead atoms. The van der Waals surface area contributed by atoms with Crippen LogP contribution in [-0.4, -0.2) is 47.4 Å². The fourth-order valence-electron chi connectivity index (χ4n) is 2.68. The number of anilines is 1. The van der Waals surface area contributed by atoms with Gasteiger partial charge in [-0.1, -0.05) is 37.6 Å². The first-order chi connectivity index (χ1) is 12.0. The van der Waals surface area contributed by atoms with Crippen molar-refractivity contribution in [2.75, 3.05) is 31.1 Å². The quantitative estimate of drug-likeness (QED) is 0.837. The van der Waals surface area contributed by atoms with Gasteiger partial charge in [-0.15, -0.1) is 10.2 Å². The molecule has 1 fully saturated rings.